The molecule has 0 spiro atoms. The van der Waals surface area contributed by atoms with Gasteiger partial charge in [-0.25, -0.2) is 0 Å². The van der Waals surface area contributed by atoms with Crippen LogP contribution >= 0.6 is 10.0 Å². The highest BCUT2D eigenvalue weighted by Gasteiger charge is 1.97. The van der Waals surface area contributed by atoms with Gasteiger partial charge in [-0.1, -0.05) is 5.92 Å². The second-order valence-electron chi connectivity index (χ2n) is 5.59. The molecule has 0 aliphatic carbocycles. The van der Waals surface area contributed by atoms with Crippen LogP contribution < -0.4 is 4.74 Å². The van der Waals surface area contributed by atoms with Crippen LogP contribution in [0.25, 0.3) is 0 Å². The molecule has 0 fully saturated rings. The lowest BCUT2D eigenvalue weighted by atomic mass is 10.2. The zero-order chi connectivity index (χ0) is 14.3. The Hall–Kier alpha value is -1.11. The molecule has 0 radical (unpaired) electrons. The van der Waals surface area contributed by atoms with Crippen LogP contribution in [-0.2, 0) is 0 Å². The minimum Gasteiger partial charge on any atom is -0.494 e. The maximum Gasteiger partial charge on any atom is 0.119 e. The van der Waals surface area contributed by atoms with Gasteiger partial charge < -0.3 is 9.64 Å². The number of ether oxygens (including phenoxy) is 1. The number of hydrogen-bond acceptors (Lipinski definition) is 2. The molecule has 0 unspecified atom stereocenters. The SMILES string of the molecule is CN(C)CCCOc1ccc(C#CS(C)(C)C)cc1. The van der Waals surface area contributed by atoms with Gasteiger partial charge in [0.25, 0.3) is 0 Å². The molecule has 2 nitrogen and oxygen atoms in total. The summed E-state index contributed by atoms with van der Waals surface area (Å²) in [7, 11) is 3.39. The van der Waals surface area contributed by atoms with Gasteiger partial charge in [-0.2, -0.15) is 10.0 Å². The number of hydrogen-bond donors (Lipinski definition) is 0. The second kappa shape index (κ2) is 7.47. The van der Waals surface area contributed by atoms with E-state index in [1.54, 1.807) is 0 Å². The predicted molar refractivity (Wildman–Crippen MR) is 87.3 cm³/mol. The minimum atomic E-state index is -0.755. The van der Waals surface area contributed by atoms with Crippen molar-refractivity contribution in [1.29, 1.82) is 0 Å². The number of nitrogens with zero attached hydrogens (tertiary/aromatic N) is 1. The van der Waals surface area contributed by atoms with Crippen LogP contribution in [0.1, 0.15) is 12.0 Å². The molecular formula is C16H25NOS. The van der Waals surface area contributed by atoms with Gasteiger partial charge >= 0.3 is 0 Å². The molecule has 0 bridgehead atoms. The van der Waals surface area contributed by atoms with Crippen LogP contribution in [0.15, 0.2) is 24.3 Å². The standard InChI is InChI=1S/C16H25NOS/c1-17(2)12-6-13-18-16-9-7-15(8-10-16)11-14-19(3,4)5/h7-10H,6,12-13H2,1-5H3. The van der Waals surface area contributed by atoms with Gasteiger partial charge in [-0.3, -0.25) is 0 Å². The Bertz CT molecular complexity index is 435. The van der Waals surface area contributed by atoms with Crippen LogP contribution in [0, 0.1) is 11.2 Å². The van der Waals surface area contributed by atoms with Gasteiger partial charge in [0.1, 0.15) is 5.75 Å². The summed E-state index contributed by atoms with van der Waals surface area (Å²) in [4.78, 5) is 2.16. The van der Waals surface area contributed by atoms with Crippen LogP contribution in [-0.4, -0.2) is 50.9 Å². The van der Waals surface area contributed by atoms with E-state index in [4.69, 9.17) is 4.74 Å². The summed E-state index contributed by atoms with van der Waals surface area (Å²) in [6.07, 6.45) is 7.63. The Morgan fingerprint density at radius 2 is 1.74 bits per heavy atom. The third-order valence-corrected chi connectivity index (χ3v) is 3.09. The van der Waals surface area contributed by atoms with Crippen LogP contribution in [0.3, 0.4) is 0 Å². The van der Waals surface area contributed by atoms with E-state index < -0.39 is 10.0 Å². The van der Waals surface area contributed by atoms with E-state index in [2.05, 4.69) is 48.9 Å². The molecule has 0 heterocycles. The van der Waals surface area contributed by atoms with Crippen molar-refractivity contribution in [2.24, 2.45) is 0 Å². The topological polar surface area (TPSA) is 12.5 Å². The van der Waals surface area contributed by atoms with Crippen molar-refractivity contribution < 1.29 is 4.74 Å². The quantitative estimate of drug-likeness (QED) is 0.607. The molecule has 0 saturated heterocycles. The molecule has 0 amide bonds. The average Bonchev–Trinajstić information content (AvgIpc) is 2.32. The molecule has 3 heteroatoms. The van der Waals surface area contributed by atoms with Gasteiger partial charge in [0.15, 0.2) is 0 Å². The highest BCUT2D eigenvalue weighted by Crippen LogP contribution is 2.32. The summed E-state index contributed by atoms with van der Waals surface area (Å²) in [5, 5.41) is 3.31. The van der Waals surface area contributed by atoms with Crippen molar-refractivity contribution in [3.63, 3.8) is 0 Å². The molecule has 1 aromatic carbocycles. The van der Waals surface area contributed by atoms with E-state index in [-0.39, 0.29) is 0 Å². The minimum absolute atomic E-state index is 0.755. The van der Waals surface area contributed by atoms with Crippen molar-refractivity contribution in [2.75, 3.05) is 46.0 Å². The Morgan fingerprint density at radius 3 is 2.26 bits per heavy atom. The van der Waals surface area contributed by atoms with Crippen molar-refractivity contribution >= 4 is 10.0 Å². The van der Waals surface area contributed by atoms with Crippen molar-refractivity contribution in [3.05, 3.63) is 29.8 Å². The summed E-state index contributed by atoms with van der Waals surface area (Å²) in [5.74, 6) is 4.14. The highest BCUT2D eigenvalue weighted by atomic mass is 32.3. The molecule has 106 valence electrons. The van der Waals surface area contributed by atoms with E-state index in [0.717, 1.165) is 30.9 Å². The van der Waals surface area contributed by atoms with E-state index in [9.17, 15) is 0 Å². The lowest BCUT2D eigenvalue weighted by Gasteiger charge is -2.14. The summed E-state index contributed by atoms with van der Waals surface area (Å²) >= 11 is 0. The molecular weight excluding hydrogens is 254 g/mol. The highest BCUT2D eigenvalue weighted by molar-refractivity contribution is 8.35. The monoisotopic (exact) mass is 279 g/mol. The Morgan fingerprint density at radius 1 is 1.11 bits per heavy atom. The average molecular weight is 279 g/mol. The zero-order valence-electron chi connectivity index (χ0n) is 12.7. The summed E-state index contributed by atoms with van der Waals surface area (Å²) in [5.41, 5.74) is 1.06. The van der Waals surface area contributed by atoms with Crippen molar-refractivity contribution in [1.82, 2.24) is 4.90 Å². The molecule has 0 aromatic heterocycles. The molecule has 0 aliphatic rings. The Labute approximate surface area is 119 Å². The molecule has 0 aliphatic heterocycles. The van der Waals surface area contributed by atoms with Gasteiger partial charge in [-0.15, -0.1) is 0 Å². The van der Waals surface area contributed by atoms with Gasteiger partial charge in [0.05, 0.1) is 6.61 Å². The summed E-state index contributed by atoms with van der Waals surface area (Å²) < 4.78 is 5.69. The molecule has 0 saturated carbocycles. The summed E-state index contributed by atoms with van der Waals surface area (Å²) in [6, 6.07) is 8.05. The van der Waals surface area contributed by atoms with Crippen molar-refractivity contribution in [3.8, 4) is 16.9 Å². The number of benzene rings is 1. The fraction of sp³-hybridized carbons (Fsp3) is 0.500. The maximum atomic E-state index is 5.69. The first-order valence-electron chi connectivity index (χ1n) is 6.45. The molecule has 0 N–H and O–H groups in total. The Balaban J connectivity index is 2.45. The van der Waals surface area contributed by atoms with E-state index >= 15 is 0 Å². The largest absolute Gasteiger partial charge is 0.494 e. The molecule has 1 aromatic rings. The molecule has 1 rings (SSSR count). The van der Waals surface area contributed by atoms with E-state index in [1.807, 2.05) is 24.3 Å². The van der Waals surface area contributed by atoms with Gasteiger partial charge in [-0.05, 0) is 68.8 Å². The molecule has 0 atom stereocenters. The van der Waals surface area contributed by atoms with Gasteiger partial charge in [0.2, 0.25) is 0 Å². The Kier molecular flexibility index (Phi) is 6.27. The van der Waals surface area contributed by atoms with E-state index in [1.165, 1.54) is 0 Å². The predicted octanol–water partition coefficient (Wildman–Crippen LogP) is 3.02. The van der Waals surface area contributed by atoms with Crippen LogP contribution in [0.2, 0.25) is 0 Å². The third kappa shape index (κ3) is 7.81. The fourth-order valence-corrected chi connectivity index (χ4v) is 1.84. The third-order valence-electron chi connectivity index (χ3n) is 2.37. The van der Waals surface area contributed by atoms with Crippen molar-refractivity contribution in [2.45, 2.75) is 6.42 Å². The molecule has 19 heavy (non-hydrogen) atoms. The maximum absolute atomic E-state index is 5.69. The number of rotatable bonds is 5. The lowest BCUT2D eigenvalue weighted by molar-refractivity contribution is 0.281. The smallest absolute Gasteiger partial charge is 0.119 e. The second-order valence-corrected chi connectivity index (χ2v) is 9.47. The first-order valence-corrected chi connectivity index (χ1v) is 9.31. The van der Waals surface area contributed by atoms with Crippen LogP contribution in [0.4, 0.5) is 0 Å². The normalized spacial score (nSPS) is 11.9. The van der Waals surface area contributed by atoms with Gasteiger partial charge in [0, 0.05) is 12.1 Å². The zero-order valence-corrected chi connectivity index (χ0v) is 13.5. The lowest BCUT2D eigenvalue weighted by Crippen LogP contribution is -2.15. The summed E-state index contributed by atoms with van der Waals surface area (Å²) in [6.45, 7) is 1.81. The fourth-order valence-electron chi connectivity index (χ4n) is 1.42. The first-order chi connectivity index (χ1) is 8.87. The van der Waals surface area contributed by atoms with E-state index in [0.29, 0.717) is 0 Å². The van der Waals surface area contributed by atoms with Crippen LogP contribution in [0.5, 0.6) is 5.75 Å². The first kappa shape index (κ1) is 15.9.